The van der Waals surface area contributed by atoms with E-state index in [9.17, 15) is 9.90 Å². The molecule has 0 aliphatic heterocycles. The number of aromatic nitrogens is 1. The Kier molecular flexibility index (Phi) is 3.77. The number of hydrogen-bond donors (Lipinski definition) is 1. The van der Waals surface area contributed by atoms with Crippen molar-refractivity contribution in [2.24, 2.45) is 5.92 Å². The van der Waals surface area contributed by atoms with Crippen LogP contribution in [0.25, 0.3) is 10.6 Å². The van der Waals surface area contributed by atoms with Gasteiger partial charge in [0, 0.05) is 4.88 Å². The van der Waals surface area contributed by atoms with Crippen LogP contribution in [0.1, 0.15) is 29.2 Å². The number of hydrogen-bond acceptors (Lipinski definition) is 4. The van der Waals surface area contributed by atoms with E-state index in [1.807, 2.05) is 12.1 Å². The lowest BCUT2D eigenvalue weighted by atomic mass is 10.1. The summed E-state index contributed by atoms with van der Waals surface area (Å²) in [5, 5.41) is 10.5. The average Bonchev–Trinajstić information content (AvgIpc) is 2.71. The summed E-state index contributed by atoms with van der Waals surface area (Å²) >= 11 is 1.48. The summed E-state index contributed by atoms with van der Waals surface area (Å²) in [5.41, 5.74) is 1.17. The topological polar surface area (TPSA) is 50.2 Å². The van der Waals surface area contributed by atoms with Gasteiger partial charge in [0.05, 0.1) is 5.56 Å². The van der Waals surface area contributed by atoms with Crippen LogP contribution >= 0.6 is 11.3 Å². The summed E-state index contributed by atoms with van der Waals surface area (Å²) in [6.45, 7) is 4.21. The Balaban J connectivity index is 2.44. The van der Waals surface area contributed by atoms with Crippen LogP contribution in [0.15, 0.2) is 24.3 Å². The number of aromatic hydroxyl groups is 1. The van der Waals surface area contributed by atoms with E-state index in [0.717, 1.165) is 17.6 Å². The van der Waals surface area contributed by atoms with Crippen molar-refractivity contribution < 1.29 is 9.90 Å². The zero-order valence-corrected chi connectivity index (χ0v) is 11.2. The first-order valence-electron chi connectivity index (χ1n) is 5.85. The first kappa shape index (κ1) is 12.8. The molecule has 0 aliphatic rings. The predicted molar refractivity (Wildman–Crippen MR) is 73.1 cm³/mol. The van der Waals surface area contributed by atoms with Crippen LogP contribution in [-0.2, 0) is 6.42 Å². The predicted octanol–water partition coefficient (Wildman–Crippen LogP) is 3.53. The van der Waals surface area contributed by atoms with E-state index in [1.54, 1.807) is 12.1 Å². The Hall–Kier alpha value is -1.68. The van der Waals surface area contributed by atoms with Gasteiger partial charge in [0.1, 0.15) is 16.5 Å². The maximum Gasteiger partial charge on any atom is 0.169 e. The second kappa shape index (κ2) is 5.31. The minimum Gasteiger partial charge on any atom is -0.507 e. The summed E-state index contributed by atoms with van der Waals surface area (Å²) < 4.78 is 0. The number of aldehydes is 1. The highest BCUT2D eigenvalue weighted by Gasteiger charge is 2.14. The molecule has 0 amide bonds. The molecule has 1 heterocycles. The number of benzene rings is 1. The van der Waals surface area contributed by atoms with Crippen LogP contribution in [0.2, 0.25) is 0 Å². The van der Waals surface area contributed by atoms with Crippen molar-refractivity contribution in [2.75, 3.05) is 0 Å². The third-order valence-electron chi connectivity index (χ3n) is 2.57. The highest BCUT2D eigenvalue weighted by molar-refractivity contribution is 7.15. The number of nitrogens with zero attached hydrogens (tertiary/aromatic N) is 1. The molecule has 0 bridgehead atoms. The van der Waals surface area contributed by atoms with Crippen molar-refractivity contribution in [1.82, 2.24) is 4.98 Å². The van der Waals surface area contributed by atoms with Gasteiger partial charge in [-0.2, -0.15) is 0 Å². The highest BCUT2D eigenvalue weighted by atomic mass is 32.1. The molecule has 18 heavy (non-hydrogen) atoms. The number of rotatable bonds is 4. The van der Waals surface area contributed by atoms with Crippen LogP contribution < -0.4 is 0 Å². The van der Waals surface area contributed by atoms with Gasteiger partial charge < -0.3 is 5.11 Å². The van der Waals surface area contributed by atoms with Gasteiger partial charge in [0.15, 0.2) is 6.29 Å². The summed E-state index contributed by atoms with van der Waals surface area (Å²) in [5.74, 6) is 0.668. The molecule has 1 N–H and O–H groups in total. The zero-order valence-electron chi connectivity index (χ0n) is 10.4. The Bertz CT molecular complexity index is 561. The summed E-state index contributed by atoms with van der Waals surface area (Å²) in [6.07, 6.45) is 1.62. The largest absolute Gasteiger partial charge is 0.507 e. The van der Waals surface area contributed by atoms with Gasteiger partial charge >= 0.3 is 0 Å². The molecule has 2 rings (SSSR count). The first-order valence-corrected chi connectivity index (χ1v) is 6.66. The molecular weight excluding hydrogens is 246 g/mol. The Morgan fingerprint density at radius 3 is 2.72 bits per heavy atom. The van der Waals surface area contributed by atoms with Crippen LogP contribution in [0.3, 0.4) is 0 Å². The normalized spacial score (nSPS) is 10.8. The van der Waals surface area contributed by atoms with E-state index in [4.69, 9.17) is 0 Å². The van der Waals surface area contributed by atoms with E-state index < -0.39 is 0 Å². The van der Waals surface area contributed by atoms with Gasteiger partial charge in [0.2, 0.25) is 0 Å². The van der Waals surface area contributed by atoms with Crippen LogP contribution in [0, 0.1) is 5.92 Å². The minimum absolute atomic E-state index is 0.194. The summed E-state index contributed by atoms with van der Waals surface area (Å²) in [6, 6.07) is 7.04. The molecular formula is C14H15NO2S. The third-order valence-corrected chi connectivity index (χ3v) is 3.69. The lowest BCUT2D eigenvalue weighted by molar-refractivity contribution is 0.111. The molecule has 0 saturated carbocycles. The summed E-state index contributed by atoms with van der Waals surface area (Å²) in [7, 11) is 0. The van der Waals surface area contributed by atoms with Crippen LogP contribution in [0.4, 0.5) is 0 Å². The lowest BCUT2D eigenvalue weighted by Gasteiger charge is -2.00. The molecule has 94 valence electrons. The average molecular weight is 261 g/mol. The van der Waals surface area contributed by atoms with Gasteiger partial charge in [-0.25, -0.2) is 4.98 Å². The zero-order chi connectivity index (χ0) is 13.1. The molecule has 0 aliphatic carbocycles. The van der Waals surface area contributed by atoms with Crippen molar-refractivity contribution in [3.8, 4) is 16.3 Å². The second-order valence-electron chi connectivity index (χ2n) is 4.56. The molecule has 0 saturated heterocycles. The van der Waals surface area contributed by atoms with Crippen molar-refractivity contribution in [3.63, 3.8) is 0 Å². The standard InChI is InChI=1S/C14H15NO2S/c1-9(2)7-13-11(8-16)15-14(18-13)10-5-3-4-6-12(10)17/h3-6,8-9,17H,7H2,1-2H3. The van der Waals surface area contributed by atoms with Gasteiger partial charge in [-0.05, 0) is 24.5 Å². The van der Waals surface area contributed by atoms with E-state index >= 15 is 0 Å². The fraction of sp³-hybridized carbons (Fsp3) is 0.286. The maximum absolute atomic E-state index is 11.0. The van der Waals surface area contributed by atoms with Crippen molar-refractivity contribution in [1.29, 1.82) is 0 Å². The van der Waals surface area contributed by atoms with Gasteiger partial charge in [-0.1, -0.05) is 26.0 Å². The molecule has 0 spiro atoms. The first-order chi connectivity index (χ1) is 8.61. The molecule has 0 radical (unpaired) electrons. The Morgan fingerprint density at radius 2 is 2.11 bits per heavy atom. The number of phenolic OH excluding ortho intramolecular Hbond substituents is 1. The minimum atomic E-state index is 0.194. The maximum atomic E-state index is 11.0. The van der Waals surface area contributed by atoms with Gasteiger partial charge in [-0.3, -0.25) is 4.79 Å². The number of thiazole rings is 1. The fourth-order valence-corrected chi connectivity index (χ4v) is 3.02. The van der Waals surface area contributed by atoms with Gasteiger partial charge in [0.25, 0.3) is 0 Å². The van der Waals surface area contributed by atoms with Crippen molar-refractivity contribution in [3.05, 3.63) is 34.8 Å². The molecule has 0 unspecified atom stereocenters. The molecule has 4 heteroatoms. The molecule has 1 aromatic carbocycles. The van der Waals surface area contributed by atoms with Crippen LogP contribution in [0.5, 0.6) is 5.75 Å². The quantitative estimate of drug-likeness (QED) is 0.857. The van der Waals surface area contributed by atoms with E-state index in [-0.39, 0.29) is 5.75 Å². The Labute approximate surface area is 110 Å². The lowest BCUT2D eigenvalue weighted by Crippen LogP contribution is -1.95. The van der Waals surface area contributed by atoms with E-state index in [0.29, 0.717) is 22.2 Å². The molecule has 0 fully saturated rings. The molecule has 2 aromatic rings. The smallest absolute Gasteiger partial charge is 0.169 e. The second-order valence-corrected chi connectivity index (χ2v) is 5.64. The monoisotopic (exact) mass is 261 g/mol. The molecule has 0 atom stereocenters. The van der Waals surface area contributed by atoms with Gasteiger partial charge in [-0.15, -0.1) is 11.3 Å². The number of phenols is 1. The van der Waals surface area contributed by atoms with Crippen LogP contribution in [-0.4, -0.2) is 16.4 Å². The highest BCUT2D eigenvalue weighted by Crippen LogP contribution is 2.34. The molecule has 1 aromatic heterocycles. The van der Waals surface area contributed by atoms with Crippen molar-refractivity contribution in [2.45, 2.75) is 20.3 Å². The SMILES string of the molecule is CC(C)Cc1sc(-c2ccccc2O)nc1C=O. The Morgan fingerprint density at radius 1 is 1.39 bits per heavy atom. The van der Waals surface area contributed by atoms with E-state index in [2.05, 4.69) is 18.8 Å². The molecule has 3 nitrogen and oxygen atoms in total. The van der Waals surface area contributed by atoms with Crippen molar-refractivity contribution >= 4 is 17.6 Å². The number of carbonyl (C=O) groups is 1. The number of carbonyl (C=O) groups excluding carboxylic acids is 1. The summed E-state index contributed by atoms with van der Waals surface area (Å²) in [4.78, 5) is 16.3. The number of para-hydroxylation sites is 1. The van der Waals surface area contributed by atoms with E-state index in [1.165, 1.54) is 11.3 Å². The third kappa shape index (κ3) is 2.59. The fourth-order valence-electron chi connectivity index (χ4n) is 1.74.